The predicted molar refractivity (Wildman–Crippen MR) is 110 cm³/mol. The monoisotopic (exact) mass is 390 g/mol. The van der Waals surface area contributed by atoms with Gasteiger partial charge in [0.2, 0.25) is 0 Å². The first kappa shape index (κ1) is 16.9. The van der Waals surface area contributed by atoms with Crippen LogP contribution in [0.15, 0.2) is 65.5 Å². The summed E-state index contributed by atoms with van der Waals surface area (Å²) >= 11 is 1.68. The molecule has 0 bridgehead atoms. The van der Waals surface area contributed by atoms with Gasteiger partial charge in [0.25, 0.3) is 5.91 Å². The van der Waals surface area contributed by atoms with Gasteiger partial charge >= 0.3 is 0 Å². The van der Waals surface area contributed by atoms with Crippen LogP contribution in [0.3, 0.4) is 0 Å². The van der Waals surface area contributed by atoms with E-state index in [1.165, 1.54) is 16.7 Å². The first-order valence-corrected chi connectivity index (χ1v) is 9.99. The average molecular weight is 390 g/mol. The number of hydrogen-bond acceptors (Lipinski definition) is 6. The van der Waals surface area contributed by atoms with Crippen molar-refractivity contribution in [2.45, 2.75) is 0 Å². The lowest BCUT2D eigenvalue weighted by Gasteiger charge is -2.35. The van der Waals surface area contributed by atoms with Crippen LogP contribution in [0.25, 0.3) is 20.7 Å². The molecule has 0 atom stereocenters. The number of piperazine rings is 1. The molecule has 1 saturated heterocycles. The maximum absolute atomic E-state index is 12.5. The second kappa shape index (κ2) is 7.09. The lowest BCUT2D eigenvalue weighted by atomic mass is 10.2. The van der Waals surface area contributed by atoms with Gasteiger partial charge in [0.05, 0.1) is 11.6 Å². The van der Waals surface area contributed by atoms with E-state index in [9.17, 15) is 4.79 Å². The molecule has 0 saturated carbocycles. The van der Waals surface area contributed by atoms with Gasteiger partial charge in [-0.1, -0.05) is 30.3 Å². The fourth-order valence-electron chi connectivity index (χ4n) is 3.52. The Morgan fingerprint density at radius 3 is 2.57 bits per heavy atom. The standard InChI is InChI=1S/C21H18N4O2S/c26-21(17-7-4-12-27-17)25-10-8-24(9-11-25)19-16-13-18(15-5-2-1-3-6-15)28-20(16)23-14-22-19/h1-7,12-14H,8-11H2. The van der Waals surface area contributed by atoms with Crippen molar-refractivity contribution in [3.8, 4) is 10.4 Å². The van der Waals surface area contributed by atoms with Crippen LogP contribution in [0.1, 0.15) is 10.6 Å². The highest BCUT2D eigenvalue weighted by molar-refractivity contribution is 7.21. The second-order valence-electron chi connectivity index (χ2n) is 6.65. The Morgan fingerprint density at radius 1 is 1.00 bits per heavy atom. The van der Waals surface area contributed by atoms with E-state index >= 15 is 0 Å². The highest BCUT2D eigenvalue weighted by Crippen LogP contribution is 2.36. The minimum absolute atomic E-state index is 0.0561. The lowest BCUT2D eigenvalue weighted by Crippen LogP contribution is -2.49. The van der Waals surface area contributed by atoms with E-state index in [2.05, 4.69) is 33.1 Å². The summed E-state index contributed by atoms with van der Waals surface area (Å²) in [6, 6.07) is 15.9. The smallest absolute Gasteiger partial charge is 0.289 e. The molecule has 0 unspecified atom stereocenters. The van der Waals surface area contributed by atoms with E-state index in [1.807, 2.05) is 23.1 Å². The van der Waals surface area contributed by atoms with Gasteiger partial charge in [0.1, 0.15) is 17.0 Å². The Bertz CT molecular complexity index is 1100. The number of fused-ring (bicyclic) bond motifs is 1. The number of carbonyl (C=O) groups excluding carboxylic acids is 1. The van der Waals surface area contributed by atoms with Gasteiger partial charge in [0, 0.05) is 31.1 Å². The summed E-state index contributed by atoms with van der Waals surface area (Å²) in [4.78, 5) is 27.7. The lowest BCUT2D eigenvalue weighted by molar-refractivity contribution is 0.0714. The number of thiophene rings is 1. The van der Waals surface area contributed by atoms with Gasteiger partial charge in [-0.05, 0) is 23.8 Å². The van der Waals surface area contributed by atoms with E-state index in [0.717, 1.165) is 29.1 Å². The molecule has 140 valence electrons. The van der Waals surface area contributed by atoms with Crippen molar-refractivity contribution in [1.29, 1.82) is 0 Å². The molecule has 1 aliphatic heterocycles. The molecule has 1 amide bonds. The molecule has 28 heavy (non-hydrogen) atoms. The van der Waals surface area contributed by atoms with E-state index in [4.69, 9.17) is 4.42 Å². The zero-order chi connectivity index (χ0) is 18.9. The summed E-state index contributed by atoms with van der Waals surface area (Å²) in [6.07, 6.45) is 3.16. The van der Waals surface area contributed by atoms with Gasteiger partial charge in [-0.3, -0.25) is 4.79 Å². The molecule has 0 spiro atoms. The van der Waals surface area contributed by atoms with Crippen molar-refractivity contribution in [3.05, 3.63) is 66.9 Å². The average Bonchev–Trinajstić information content (AvgIpc) is 3.44. The molecule has 0 N–H and O–H groups in total. The number of furan rings is 1. The first-order chi connectivity index (χ1) is 13.8. The third kappa shape index (κ3) is 3.03. The van der Waals surface area contributed by atoms with Crippen LogP contribution in [0, 0.1) is 0 Å². The predicted octanol–water partition coefficient (Wildman–Crippen LogP) is 3.91. The van der Waals surface area contributed by atoms with Crippen molar-refractivity contribution in [1.82, 2.24) is 14.9 Å². The van der Waals surface area contributed by atoms with Crippen LogP contribution in [-0.2, 0) is 0 Å². The van der Waals surface area contributed by atoms with Gasteiger partial charge < -0.3 is 14.2 Å². The number of aromatic nitrogens is 2. The van der Waals surface area contributed by atoms with Gasteiger partial charge in [0.15, 0.2) is 5.76 Å². The topological polar surface area (TPSA) is 62.5 Å². The molecule has 0 radical (unpaired) electrons. The molecular formula is C21H18N4O2S. The van der Waals surface area contributed by atoms with Crippen molar-refractivity contribution in [2.75, 3.05) is 31.1 Å². The SMILES string of the molecule is O=C(c1ccco1)N1CCN(c2ncnc3sc(-c4ccccc4)cc23)CC1. The Morgan fingerprint density at radius 2 is 1.82 bits per heavy atom. The Labute approximate surface area is 166 Å². The van der Waals surface area contributed by atoms with Crippen LogP contribution in [0.5, 0.6) is 0 Å². The summed E-state index contributed by atoms with van der Waals surface area (Å²) in [5, 5.41) is 1.07. The molecule has 5 rings (SSSR count). The fraction of sp³-hybridized carbons (Fsp3) is 0.190. The summed E-state index contributed by atoms with van der Waals surface area (Å²) < 4.78 is 5.24. The minimum atomic E-state index is -0.0561. The number of anilines is 1. The molecule has 6 nitrogen and oxygen atoms in total. The van der Waals surface area contributed by atoms with E-state index in [1.54, 1.807) is 29.8 Å². The number of nitrogens with zero attached hydrogens (tertiary/aromatic N) is 4. The van der Waals surface area contributed by atoms with Gasteiger partial charge in [-0.2, -0.15) is 0 Å². The second-order valence-corrected chi connectivity index (χ2v) is 7.68. The molecular weight excluding hydrogens is 372 g/mol. The summed E-state index contributed by atoms with van der Waals surface area (Å²) in [6.45, 7) is 2.74. The molecule has 1 aromatic carbocycles. The Kier molecular flexibility index (Phi) is 4.29. The zero-order valence-corrected chi connectivity index (χ0v) is 15.9. The molecule has 1 aliphatic rings. The highest BCUT2D eigenvalue weighted by Gasteiger charge is 2.25. The summed E-state index contributed by atoms with van der Waals surface area (Å²) in [5.41, 5.74) is 1.19. The first-order valence-electron chi connectivity index (χ1n) is 9.17. The summed E-state index contributed by atoms with van der Waals surface area (Å²) in [5.74, 6) is 1.27. The zero-order valence-electron chi connectivity index (χ0n) is 15.1. The Hall–Kier alpha value is -3.19. The normalized spacial score (nSPS) is 14.6. The number of benzene rings is 1. The maximum atomic E-state index is 12.5. The quantitative estimate of drug-likeness (QED) is 0.531. The van der Waals surface area contributed by atoms with Gasteiger partial charge in [-0.25, -0.2) is 9.97 Å². The van der Waals surface area contributed by atoms with Crippen molar-refractivity contribution < 1.29 is 9.21 Å². The van der Waals surface area contributed by atoms with Crippen molar-refractivity contribution in [3.63, 3.8) is 0 Å². The summed E-state index contributed by atoms with van der Waals surface area (Å²) in [7, 11) is 0. The van der Waals surface area contributed by atoms with Crippen LogP contribution < -0.4 is 4.90 Å². The molecule has 4 heterocycles. The number of hydrogen-bond donors (Lipinski definition) is 0. The molecule has 1 fully saturated rings. The Balaban J connectivity index is 1.38. The highest BCUT2D eigenvalue weighted by atomic mass is 32.1. The third-order valence-corrected chi connectivity index (χ3v) is 6.06. The largest absolute Gasteiger partial charge is 0.459 e. The number of amides is 1. The van der Waals surface area contributed by atoms with Crippen LogP contribution in [0.2, 0.25) is 0 Å². The maximum Gasteiger partial charge on any atom is 0.289 e. The molecule has 4 aromatic rings. The van der Waals surface area contributed by atoms with E-state index in [-0.39, 0.29) is 5.91 Å². The third-order valence-electron chi connectivity index (χ3n) is 4.97. The van der Waals surface area contributed by atoms with Crippen molar-refractivity contribution >= 4 is 33.3 Å². The van der Waals surface area contributed by atoms with Crippen LogP contribution in [0.4, 0.5) is 5.82 Å². The van der Waals surface area contributed by atoms with Gasteiger partial charge in [-0.15, -0.1) is 11.3 Å². The number of rotatable bonds is 3. The molecule has 3 aromatic heterocycles. The van der Waals surface area contributed by atoms with E-state index in [0.29, 0.717) is 18.8 Å². The minimum Gasteiger partial charge on any atom is -0.459 e. The van der Waals surface area contributed by atoms with Crippen LogP contribution >= 0.6 is 11.3 Å². The van der Waals surface area contributed by atoms with Crippen molar-refractivity contribution in [2.24, 2.45) is 0 Å². The van der Waals surface area contributed by atoms with E-state index < -0.39 is 0 Å². The number of carbonyl (C=O) groups is 1. The molecule has 0 aliphatic carbocycles. The molecule has 7 heteroatoms. The fourth-order valence-corrected chi connectivity index (χ4v) is 4.52. The van der Waals surface area contributed by atoms with Crippen LogP contribution in [-0.4, -0.2) is 47.0 Å².